The number of fused-ring (bicyclic) bond motifs is 1. The topological polar surface area (TPSA) is 17.1 Å². The van der Waals surface area contributed by atoms with Crippen molar-refractivity contribution in [2.75, 3.05) is 0 Å². The molecule has 0 atom stereocenters. The highest BCUT2D eigenvalue weighted by molar-refractivity contribution is 6.30. The second-order valence-electron chi connectivity index (χ2n) is 3.21. The molecule has 0 saturated carbocycles. The van der Waals surface area contributed by atoms with Crippen LogP contribution in [0.3, 0.4) is 0 Å². The van der Waals surface area contributed by atoms with Crippen LogP contribution in [0.1, 0.15) is 17.5 Å². The van der Waals surface area contributed by atoms with Gasteiger partial charge in [-0.3, -0.25) is 4.79 Å². The highest BCUT2D eigenvalue weighted by Gasteiger charge is 2.20. The monoisotopic (exact) mass is 198 g/mol. The molecular formula is C10H8ClFO. The van der Waals surface area contributed by atoms with Gasteiger partial charge in [0.1, 0.15) is 11.6 Å². The largest absolute Gasteiger partial charge is 0.299 e. The molecule has 0 bridgehead atoms. The summed E-state index contributed by atoms with van der Waals surface area (Å²) in [5.41, 5.74) is 1.41. The average Bonchev–Trinajstić information content (AvgIpc) is 2.12. The van der Waals surface area contributed by atoms with Crippen LogP contribution in [0, 0.1) is 5.82 Å². The van der Waals surface area contributed by atoms with Crippen LogP contribution in [-0.2, 0) is 17.6 Å². The SMILES string of the molecule is O=C1CCc2ccc(Cl)c(F)c2C1. The Morgan fingerprint density at radius 1 is 1.31 bits per heavy atom. The Bertz CT molecular complexity index is 373. The summed E-state index contributed by atoms with van der Waals surface area (Å²) in [4.78, 5) is 11.1. The highest BCUT2D eigenvalue weighted by atomic mass is 35.5. The number of ketones is 1. The molecule has 3 heteroatoms. The standard InChI is InChI=1S/C10H8ClFO/c11-9-4-2-6-1-3-7(13)5-8(6)10(9)12/h2,4H,1,3,5H2. The molecule has 68 valence electrons. The van der Waals surface area contributed by atoms with Crippen LogP contribution in [0.4, 0.5) is 4.39 Å². The van der Waals surface area contributed by atoms with Crippen LogP contribution in [0.15, 0.2) is 12.1 Å². The number of hydrogen-bond donors (Lipinski definition) is 0. The fourth-order valence-electron chi connectivity index (χ4n) is 1.62. The van der Waals surface area contributed by atoms with Gasteiger partial charge in [-0.25, -0.2) is 4.39 Å². The second-order valence-corrected chi connectivity index (χ2v) is 3.62. The molecule has 1 aliphatic carbocycles. The van der Waals surface area contributed by atoms with Crippen LogP contribution < -0.4 is 0 Å². The first-order chi connectivity index (χ1) is 6.18. The Labute approximate surface area is 80.5 Å². The molecule has 0 radical (unpaired) electrons. The van der Waals surface area contributed by atoms with Crippen LogP contribution in [0.2, 0.25) is 5.02 Å². The van der Waals surface area contributed by atoms with Crippen molar-refractivity contribution in [3.8, 4) is 0 Å². The van der Waals surface area contributed by atoms with E-state index in [0.717, 1.165) is 5.56 Å². The minimum atomic E-state index is -0.424. The molecule has 0 aliphatic heterocycles. The molecule has 0 unspecified atom stereocenters. The normalized spacial score (nSPS) is 15.7. The Kier molecular flexibility index (Phi) is 2.08. The zero-order valence-electron chi connectivity index (χ0n) is 6.94. The summed E-state index contributed by atoms with van der Waals surface area (Å²) in [6.45, 7) is 0. The molecular weight excluding hydrogens is 191 g/mol. The molecule has 1 nitrogen and oxygen atoms in total. The van der Waals surface area contributed by atoms with E-state index >= 15 is 0 Å². The van der Waals surface area contributed by atoms with Gasteiger partial charge in [0.25, 0.3) is 0 Å². The van der Waals surface area contributed by atoms with Crippen molar-refractivity contribution < 1.29 is 9.18 Å². The zero-order valence-corrected chi connectivity index (χ0v) is 7.70. The van der Waals surface area contributed by atoms with Gasteiger partial charge in [-0.15, -0.1) is 0 Å². The van der Waals surface area contributed by atoms with Crippen LogP contribution >= 0.6 is 11.6 Å². The third kappa shape index (κ3) is 1.46. The van der Waals surface area contributed by atoms with Crippen molar-refractivity contribution in [3.63, 3.8) is 0 Å². The van der Waals surface area contributed by atoms with E-state index in [0.29, 0.717) is 18.4 Å². The lowest BCUT2D eigenvalue weighted by molar-refractivity contribution is -0.118. The van der Waals surface area contributed by atoms with E-state index in [9.17, 15) is 9.18 Å². The first-order valence-corrected chi connectivity index (χ1v) is 4.53. The summed E-state index contributed by atoms with van der Waals surface area (Å²) < 4.78 is 13.4. The van der Waals surface area contributed by atoms with Gasteiger partial charge in [-0.1, -0.05) is 17.7 Å². The minimum absolute atomic E-state index is 0.0914. The van der Waals surface area contributed by atoms with Gasteiger partial charge in [-0.2, -0.15) is 0 Å². The Morgan fingerprint density at radius 3 is 2.85 bits per heavy atom. The number of hydrogen-bond acceptors (Lipinski definition) is 1. The maximum absolute atomic E-state index is 13.4. The molecule has 0 spiro atoms. The number of rotatable bonds is 0. The Balaban J connectivity index is 2.54. The third-order valence-corrected chi connectivity index (χ3v) is 2.63. The minimum Gasteiger partial charge on any atom is -0.299 e. The number of Topliss-reactive ketones (excluding diaryl/α,β-unsaturated/α-hetero) is 1. The summed E-state index contributed by atoms with van der Waals surface area (Å²) in [5, 5.41) is 0.105. The zero-order chi connectivity index (χ0) is 9.42. The van der Waals surface area contributed by atoms with E-state index in [2.05, 4.69) is 0 Å². The summed E-state index contributed by atoms with van der Waals surface area (Å²) in [6.07, 6.45) is 1.36. The van der Waals surface area contributed by atoms with E-state index in [-0.39, 0.29) is 17.2 Å². The average molecular weight is 199 g/mol. The van der Waals surface area contributed by atoms with Crippen molar-refractivity contribution in [1.82, 2.24) is 0 Å². The van der Waals surface area contributed by atoms with E-state index in [1.165, 1.54) is 0 Å². The molecule has 0 amide bonds. The van der Waals surface area contributed by atoms with E-state index in [1.54, 1.807) is 12.1 Å². The van der Waals surface area contributed by atoms with E-state index < -0.39 is 5.82 Å². The fraction of sp³-hybridized carbons (Fsp3) is 0.300. The molecule has 0 aromatic heterocycles. The van der Waals surface area contributed by atoms with Gasteiger partial charge in [0.15, 0.2) is 0 Å². The number of carbonyl (C=O) groups excluding carboxylic acids is 1. The molecule has 2 rings (SSSR count). The number of benzene rings is 1. The summed E-state index contributed by atoms with van der Waals surface area (Å²) in [7, 11) is 0. The molecule has 0 N–H and O–H groups in total. The lowest BCUT2D eigenvalue weighted by Gasteiger charge is -2.15. The van der Waals surface area contributed by atoms with E-state index in [1.807, 2.05) is 0 Å². The molecule has 0 heterocycles. The third-order valence-electron chi connectivity index (χ3n) is 2.34. The fourth-order valence-corrected chi connectivity index (χ4v) is 1.79. The van der Waals surface area contributed by atoms with Gasteiger partial charge in [-0.05, 0) is 23.6 Å². The first kappa shape index (κ1) is 8.70. The van der Waals surface area contributed by atoms with Crippen molar-refractivity contribution in [3.05, 3.63) is 34.1 Å². The summed E-state index contributed by atoms with van der Waals surface area (Å²) in [5.74, 6) is -0.333. The predicted molar refractivity (Wildman–Crippen MR) is 48.4 cm³/mol. The lowest BCUT2D eigenvalue weighted by atomic mass is 9.90. The quantitative estimate of drug-likeness (QED) is 0.626. The van der Waals surface area contributed by atoms with E-state index in [4.69, 9.17) is 11.6 Å². The summed E-state index contributed by atoms with van der Waals surface area (Å²) in [6, 6.07) is 3.35. The van der Waals surface area contributed by atoms with Crippen molar-refractivity contribution in [2.45, 2.75) is 19.3 Å². The van der Waals surface area contributed by atoms with Crippen molar-refractivity contribution in [1.29, 1.82) is 0 Å². The molecule has 1 aromatic rings. The van der Waals surface area contributed by atoms with Crippen molar-refractivity contribution in [2.24, 2.45) is 0 Å². The number of carbonyl (C=O) groups is 1. The molecule has 0 saturated heterocycles. The van der Waals surface area contributed by atoms with Gasteiger partial charge in [0, 0.05) is 12.8 Å². The lowest BCUT2D eigenvalue weighted by Crippen LogP contribution is -2.14. The molecule has 1 aromatic carbocycles. The Hall–Kier alpha value is -0.890. The Morgan fingerprint density at radius 2 is 2.08 bits per heavy atom. The molecule has 1 aliphatic rings. The van der Waals surface area contributed by atoms with Crippen LogP contribution in [0.25, 0.3) is 0 Å². The first-order valence-electron chi connectivity index (χ1n) is 4.16. The number of halogens is 2. The molecule has 0 fully saturated rings. The summed E-state index contributed by atoms with van der Waals surface area (Å²) >= 11 is 5.61. The highest BCUT2D eigenvalue weighted by Crippen LogP contribution is 2.26. The van der Waals surface area contributed by atoms with Crippen molar-refractivity contribution >= 4 is 17.4 Å². The van der Waals surface area contributed by atoms with Gasteiger partial charge < -0.3 is 0 Å². The maximum Gasteiger partial charge on any atom is 0.145 e. The van der Waals surface area contributed by atoms with Gasteiger partial charge >= 0.3 is 0 Å². The van der Waals surface area contributed by atoms with Gasteiger partial charge in [0.2, 0.25) is 0 Å². The smallest absolute Gasteiger partial charge is 0.145 e. The predicted octanol–water partition coefficient (Wildman–Crippen LogP) is 2.54. The maximum atomic E-state index is 13.4. The van der Waals surface area contributed by atoms with Crippen LogP contribution in [0.5, 0.6) is 0 Å². The molecule has 13 heavy (non-hydrogen) atoms. The van der Waals surface area contributed by atoms with Gasteiger partial charge in [0.05, 0.1) is 5.02 Å². The number of aryl methyl sites for hydroxylation is 1. The van der Waals surface area contributed by atoms with Crippen LogP contribution in [-0.4, -0.2) is 5.78 Å². The second kappa shape index (κ2) is 3.11.